The molecule has 0 bridgehead atoms. The van der Waals surface area contributed by atoms with Crippen molar-refractivity contribution in [2.75, 3.05) is 13.1 Å². The van der Waals surface area contributed by atoms with Crippen LogP contribution in [0.4, 0.5) is 0 Å². The summed E-state index contributed by atoms with van der Waals surface area (Å²) in [6.07, 6.45) is 5.35. The molecule has 1 heterocycles. The van der Waals surface area contributed by atoms with Crippen LogP contribution in [0.1, 0.15) is 45.0 Å². The Morgan fingerprint density at radius 1 is 0.596 bits per heavy atom. The van der Waals surface area contributed by atoms with Crippen molar-refractivity contribution in [1.29, 1.82) is 0 Å². The number of carbonyl (C=O) groups excluding carboxylic acids is 1. The lowest BCUT2D eigenvalue weighted by molar-refractivity contribution is -0.123. The largest absolute Gasteiger partial charge is 0.354 e. The molecule has 5 nitrogen and oxygen atoms in total. The minimum atomic E-state index is -0.619. The maximum atomic E-state index is 14.0. The molecule has 6 aromatic carbocycles. The number of benzene rings is 6. The molecule has 5 heteroatoms. The lowest BCUT2D eigenvalue weighted by Gasteiger charge is -2.37. The van der Waals surface area contributed by atoms with Gasteiger partial charge in [-0.15, -0.1) is 0 Å². The Balaban J connectivity index is 1.12. The SMILES string of the molecule is O=C(NCC(c1ccccc1)c1ccccc1)C(Cc1ccccc1)NCCc1cn(C(c2ccccc2)(c2ccccc2)c2ccccc2)cn1. The zero-order chi connectivity index (χ0) is 35.4. The van der Waals surface area contributed by atoms with Gasteiger partial charge in [0.2, 0.25) is 5.91 Å². The fraction of sp³-hybridized carbons (Fsp3) is 0.149. The van der Waals surface area contributed by atoms with Gasteiger partial charge in [0.1, 0.15) is 5.54 Å². The first-order valence-corrected chi connectivity index (χ1v) is 18.1. The number of carbonyl (C=O) groups is 1. The third kappa shape index (κ3) is 7.80. The van der Waals surface area contributed by atoms with Crippen LogP contribution in [0, 0.1) is 0 Å². The number of nitrogens with one attached hydrogen (secondary N) is 2. The smallest absolute Gasteiger partial charge is 0.237 e. The van der Waals surface area contributed by atoms with Crippen molar-refractivity contribution in [2.24, 2.45) is 0 Å². The first-order chi connectivity index (χ1) is 25.7. The molecular weight excluding hydrogens is 637 g/mol. The van der Waals surface area contributed by atoms with E-state index in [9.17, 15) is 4.79 Å². The maximum Gasteiger partial charge on any atom is 0.237 e. The minimum Gasteiger partial charge on any atom is -0.354 e. The van der Waals surface area contributed by atoms with E-state index in [4.69, 9.17) is 4.98 Å². The van der Waals surface area contributed by atoms with Crippen LogP contribution >= 0.6 is 0 Å². The van der Waals surface area contributed by atoms with Crippen molar-refractivity contribution in [3.05, 3.63) is 234 Å². The third-order valence-corrected chi connectivity index (χ3v) is 9.85. The molecular formula is C47H44N4O. The van der Waals surface area contributed by atoms with Gasteiger partial charge in [0, 0.05) is 31.6 Å². The molecule has 7 rings (SSSR count). The summed E-state index contributed by atoms with van der Waals surface area (Å²) < 4.78 is 2.24. The van der Waals surface area contributed by atoms with Gasteiger partial charge in [-0.25, -0.2) is 4.98 Å². The highest BCUT2D eigenvalue weighted by atomic mass is 16.2. The van der Waals surface area contributed by atoms with Crippen LogP contribution in [0.3, 0.4) is 0 Å². The van der Waals surface area contributed by atoms with Crippen molar-refractivity contribution < 1.29 is 4.79 Å². The summed E-state index contributed by atoms with van der Waals surface area (Å²) in [5, 5.41) is 6.91. The Labute approximate surface area is 307 Å². The van der Waals surface area contributed by atoms with Crippen LogP contribution in [0.25, 0.3) is 0 Å². The molecule has 1 atom stereocenters. The standard InChI is InChI=1S/C47H44N4O/c52-46(49-34-44(38-21-9-2-10-22-38)39-23-11-3-12-24-39)45(33-37-19-7-1-8-20-37)48-32-31-43-35-51(36-50-43)47(40-25-13-4-14-26-40,41-27-15-5-16-28-41)42-29-17-6-18-30-42/h1-30,35-36,44-45,48H,31-34H2,(H,49,52). The van der Waals surface area contributed by atoms with Crippen LogP contribution < -0.4 is 10.6 Å². The van der Waals surface area contributed by atoms with Gasteiger partial charge in [-0.05, 0) is 39.8 Å². The highest BCUT2D eigenvalue weighted by molar-refractivity contribution is 5.82. The molecule has 0 aliphatic rings. The Hall–Kier alpha value is -6.04. The quantitative estimate of drug-likeness (QED) is 0.107. The molecule has 0 spiro atoms. The number of aromatic nitrogens is 2. The van der Waals surface area contributed by atoms with E-state index in [1.54, 1.807) is 0 Å². The molecule has 0 saturated heterocycles. The number of nitrogens with zero attached hydrogens (tertiary/aromatic N) is 2. The molecule has 1 aromatic heterocycles. The Kier molecular flexibility index (Phi) is 11.1. The minimum absolute atomic E-state index is 0.0116. The van der Waals surface area contributed by atoms with Gasteiger partial charge in [0.15, 0.2) is 0 Å². The summed E-state index contributed by atoms with van der Waals surface area (Å²) in [5.41, 5.74) is 7.25. The molecule has 0 fully saturated rings. The number of amides is 1. The molecule has 0 aliphatic heterocycles. The van der Waals surface area contributed by atoms with Gasteiger partial charge >= 0.3 is 0 Å². The van der Waals surface area contributed by atoms with E-state index in [-0.39, 0.29) is 11.8 Å². The van der Waals surface area contributed by atoms with Gasteiger partial charge < -0.3 is 15.2 Å². The summed E-state index contributed by atoms with van der Waals surface area (Å²) >= 11 is 0. The Bertz CT molecular complexity index is 1970. The van der Waals surface area contributed by atoms with Gasteiger partial charge in [0.25, 0.3) is 0 Å². The van der Waals surface area contributed by atoms with Gasteiger partial charge in [-0.3, -0.25) is 4.79 Å². The van der Waals surface area contributed by atoms with Crippen molar-refractivity contribution in [3.63, 3.8) is 0 Å². The highest BCUT2D eigenvalue weighted by Gasteiger charge is 2.38. The predicted molar refractivity (Wildman–Crippen MR) is 210 cm³/mol. The maximum absolute atomic E-state index is 14.0. The Morgan fingerprint density at radius 3 is 1.52 bits per heavy atom. The summed E-state index contributed by atoms with van der Waals surface area (Å²) in [4.78, 5) is 18.9. The van der Waals surface area contributed by atoms with Crippen molar-refractivity contribution in [1.82, 2.24) is 20.2 Å². The zero-order valence-corrected chi connectivity index (χ0v) is 29.3. The molecule has 7 aromatic rings. The molecule has 258 valence electrons. The van der Waals surface area contributed by atoms with Crippen LogP contribution in [0.2, 0.25) is 0 Å². The van der Waals surface area contributed by atoms with Crippen LogP contribution in [-0.4, -0.2) is 34.6 Å². The van der Waals surface area contributed by atoms with Gasteiger partial charge in [-0.1, -0.05) is 182 Å². The van der Waals surface area contributed by atoms with Gasteiger partial charge in [-0.2, -0.15) is 0 Å². The topological polar surface area (TPSA) is 59.0 Å². The molecule has 0 aliphatic carbocycles. The van der Waals surface area contributed by atoms with Gasteiger partial charge in [0.05, 0.1) is 18.1 Å². The van der Waals surface area contributed by atoms with E-state index in [1.807, 2.05) is 36.7 Å². The third-order valence-electron chi connectivity index (χ3n) is 9.85. The van der Waals surface area contributed by atoms with Crippen molar-refractivity contribution in [3.8, 4) is 0 Å². The summed E-state index contributed by atoms with van der Waals surface area (Å²) in [6, 6.07) is 62.5. The predicted octanol–water partition coefficient (Wildman–Crippen LogP) is 8.42. The molecule has 52 heavy (non-hydrogen) atoms. The fourth-order valence-electron chi connectivity index (χ4n) is 7.27. The lowest BCUT2D eigenvalue weighted by Crippen LogP contribution is -2.47. The average molecular weight is 681 g/mol. The number of hydrogen-bond acceptors (Lipinski definition) is 3. The summed E-state index contributed by atoms with van der Waals surface area (Å²) in [6.45, 7) is 1.10. The molecule has 0 saturated carbocycles. The second-order valence-corrected chi connectivity index (χ2v) is 13.1. The molecule has 1 unspecified atom stereocenters. The van der Waals surface area contributed by atoms with E-state index >= 15 is 0 Å². The molecule has 2 N–H and O–H groups in total. The highest BCUT2D eigenvalue weighted by Crippen LogP contribution is 2.40. The second-order valence-electron chi connectivity index (χ2n) is 13.1. The summed E-state index contributed by atoms with van der Waals surface area (Å²) in [5.74, 6) is 0.0364. The lowest BCUT2D eigenvalue weighted by atomic mass is 9.77. The fourth-order valence-corrected chi connectivity index (χ4v) is 7.27. The average Bonchev–Trinajstić information content (AvgIpc) is 3.69. The molecule has 0 radical (unpaired) electrons. The second kappa shape index (κ2) is 16.8. The van der Waals surface area contributed by atoms with Crippen molar-refractivity contribution in [2.45, 2.75) is 30.3 Å². The molecule has 1 amide bonds. The normalized spacial score (nSPS) is 12.0. The monoisotopic (exact) mass is 680 g/mol. The first kappa shape index (κ1) is 34.4. The Morgan fingerprint density at radius 2 is 1.04 bits per heavy atom. The summed E-state index contributed by atoms with van der Waals surface area (Å²) in [7, 11) is 0. The van der Waals surface area contributed by atoms with E-state index in [0.717, 1.165) is 27.9 Å². The van der Waals surface area contributed by atoms with E-state index in [2.05, 4.69) is 173 Å². The van der Waals surface area contributed by atoms with E-state index in [0.29, 0.717) is 25.9 Å². The van der Waals surface area contributed by atoms with E-state index in [1.165, 1.54) is 11.1 Å². The zero-order valence-electron chi connectivity index (χ0n) is 29.3. The van der Waals surface area contributed by atoms with Crippen LogP contribution in [0.5, 0.6) is 0 Å². The van der Waals surface area contributed by atoms with Crippen molar-refractivity contribution >= 4 is 5.91 Å². The first-order valence-electron chi connectivity index (χ1n) is 18.1. The van der Waals surface area contributed by atoms with Crippen LogP contribution in [0.15, 0.2) is 195 Å². The number of imidazole rings is 1. The number of rotatable bonds is 15. The number of hydrogen-bond donors (Lipinski definition) is 2. The van der Waals surface area contributed by atoms with E-state index < -0.39 is 11.6 Å². The van der Waals surface area contributed by atoms with Crippen LogP contribution in [-0.2, 0) is 23.2 Å².